The van der Waals surface area contributed by atoms with Gasteiger partial charge in [-0.1, -0.05) is 81.4 Å². The predicted octanol–water partition coefficient (Wildman–Crippen LogP) is 5.54. The van der Waals surface area contributed by atoms with Gasteiger partial charge < -0.3 is 5.32 Å². The number of nitrogens with zero attached hydrogens (tertiary/aromatic N) is 2. The third kappa shape index (κ3) is 5.34. The topological polar surface area (TPSA) is 64.0 Å². The highest BCUT2D eigenvalue weighted by Crippen LogP contribution is 2.33. The normalized spacial score (nSPS) is 11.9. The molecule has 0 fully saturated rings. The van der Waals surface area contributed by atoms with Crippen LogP contribution in [0.3, 0.4) is 0 Å². The molecule has 3 aromatic rings. The van der Waals surface area contributed by atoms with E-state index in [4.69, 9.17) is 0 Å². The van der Waals surface area contributed by atoms with Gasteiger partial charge in [0.25, 0.3) is 11.5 Å². The summed E-state index contributed by atoms with van der Waals surface area (Å²) in [4.78, 5) is 27.1. The maximum Gasteiger partial charge on any atom is 0.280 e. The number of carbonyl (C=O) groups is 1. The minimum Gasteiger partial charge on any atom is -0.347 e. The van der Waals surface area contributed by atoms with E-state index in [2.05, 4.69) is 31.2 Å². The van der Waals surface area contributed by atoms with Crippen LogP contribution in [-0.4, -0.2) is 21.2 Å². The van der Waals surface area contributed by atoms with Gasteiger partial charge in [-0.2, -0.15) is 5.10 Å². The molecule has 168 valence electrons. The smallest absolute Gasteiger partial charge is 0.280 e. The van der Waals surface area contributed by atoms with Crippen LogP contribution in [0, 0.1) is 5.41 Å². The predicted molar refractivity (Wildman–Crippen MR) is 131 cm³/mol. The number of amides is 1. The van der Waals surface area contributed by atoms with Gasteiger partial charge in [0, 0.05) is 23.2 Å². The van der Waals surface area contributed by atoms with Crippen LogP contribution in [0.2, 0.25) is 0 Å². The van der Waals surface area contributed by atoms with Gasteiger partial charge in [-0.3, -0.25) is 9.59 Å². The molecule has 2 aromatic carbocycles. The lowest BCUT2D eigenvalue weighted by molar-refractivity contribution is 0.0889. The average molecular weight is 432 g/mol. The van der Waals surface area contributed by atoms with Crippen molar-refractivity contribution in [2.45, 2.75) is 60.0 Å². The maximum absolute atomic E-state index is 13.7. The largest absolute Gasteiger partial charge is 0.347 e. The second-order valence-electron chi connectivity index (χ2n) is 10.0. The van der Waals surface area contributed by atoms with Crippen molar-refractivity contribution in [2.24, 2.45) is 5.41 Å². The molecule has 0 spiro atoms. The molecular weight excluding hydrogens is 398 g/mol. The Morgan fingerprint density at radius 1 is 0.906 bits per heavy atom. The monoisotopic (exact) mass is 431 g/mol. The van der Waals surface area contributed by atoms with E-state index in [-0.39, 0.29) is 22.4 Å². The van der Waals surface area contributed by atoms with Crippen LogP contribution in [0.5, 0.6) is 0 Å². The van der Waals surface area contributed by atoms with E-state index in [0.29, 0.717) is 17.8 Å². The minimum atomic E-state index is -0.483. The quantitative estimate of drug-likeness (QED) is 0.557. The Bertz CT molecular complexity index is 1140. The Hall–Kier alpha value is -3.21. The third-order valence-electron chi connectivity index (χ3n) is 5.22. The molecule has 1 heterocycles. The van der Waals surface area contributed by atoms with Gasteiger partial charge in [0.1, 0.15) is 5.56 Å². The molecule has 0 radical (unpaired) electrons. The Balaban J connectivity index is 2.27. The summed E-state index contributed by atoms with van der Waals surface area (Å²) in [6.45, 7) is 12.6. The molecule has 3 rings (SSSR count). The zero-order valence-electron chi connectivity index (χ0n) is 19.9. The highest BCUT2D eigenvalue weighted by atomic mass is 16.2. The van der Waals surface area contributed by atoms with Gasteiger partial charge in [-0.25, -0.2) is 4.68 Å². The van der Waals surface area contributed by atoms with Crippen LogP contribution < -0.4 is 10.9 Å². The van der Waals surface area contributed by atoms with Gasteiger partial charge in [-0.15, -0.1) is 0 Å². The molecular formula is C27H33N3O2. The van der Waals surface area contributed by atoms with Crippen molar-refractivity contribution >= 4 is 5.91 Å². The van der Waals surface area contributed by atoms with E-state index in [0.717, 1.165) is 17.5 Å². The molecule has 1 N–H and O–H groups in total. The van der Waals surface area contributed by atoms with E-state index in [1.165, 1.54) is 4.68 Å². The van der Waals surface area contributed by atoms with E-state index in [9.17, 15) is 9.59 Å². The first-order chi connectivity index (χ1) is 15.0. The summed E-state index contributed by atoms with van der Waals surface area (Å²) in [5.74, 6) is -0.370. The highest BCUT2D eigenvalue weighted by molar-refractivity contribution is 6.04. The van der Waals surface area contributed by atoms with Crippen molar-refractivity contribution in [3.63, 3.8) is 0 Å². The van der Waals surface area contributed by atoms with E-state index in [1.54, 1.807) is 0 Å². The fourth-order valence-electron chi connectivity index (χ4n) is 4.42. The number of rotatable bonds is 6. The van der Waals surface area contributed by atoms with Gasteiger partial charge in [0.2, 0.25) is 0 Å². The van der Waals surface area contributed by atoms with Gasteiger partial charge in [0.15, 0.2) is 0 Å². The van der Waals surface area contributed by atoms with E-state index >= 15 is 0 Å². The number of aromatic nitrogens is 2. The zero-order chi connectivity index (χ0) is 23.5. The van der Waals surface area contributed by atoms with Crippen molar-refractivity contribution in [1.29, 1.82) is 0 Å². The maximum atomic E-state index is 13.7. The first-order valence-corrected chi connectivity index (χ1v) is 11.1. The number of hydrogen-bond acceptors (Lipinski definition) is 3. The lowest BCUT2D eigenvalue weighted by Crippen LogP contribution is -2.48. The Morgan fingerprint density at radius 2 is 1.44 bits per heavy atom. The van der Waals surface area contributed by atoms with Crippen molar-refractivity contribution in [2.75, 3.05) is 0 Å². The molecule has 0 aliphatic rings. The van der Waals surface area contributed by atoms with Crippen molar-refractivity contribution in [1.82, 2.24) is 15.1 Å². The van der Waals surface area contributed by atoms with Gasteiger partial charge in [0.05, 0.1) is 5.69 Å². The number of hydrogen-bond donors (Lipinski definition) is 1. The molecule has 32 heavy (non-hydrogen) atoms. The first-order valence-electron chi connectivity index (χ1n) is 11.1. The molecule has 5 heteroatoms. The highest BCUT2D eigenvalue weighted by Gasteiger charge is 2.31. The standard InChI is InChI=1S/C27H33N3O2/c1-7-30-25(32)22(24(31)28-27(5,6)18-26(2,3)4)21(19-14-10-8-11-15-19)23(29-30)20-16-12-9-13-17-20/h8-17H,7,18H2,1-6H3,(H,28,31). The van der Waals surface area contributed by atoms with E-state index in [1.807, 2.05) is 81.4 Å². The number of benzene rings is 2. The molecule has 5 nitrogen and oxygen atoms in total. The molecule has 0 aliphatic carbocycles. The molecule has 1 aromatic heterocycles. The zero-order valence-corrected chi connectivity index (χ0v) is 19.9. The van der Waals surface area contributed by atoms with Gasteiger partial charge in [-0.05, 0) is 38.2 Å². The summed E-state index contributed by atoms with van der Waals surface area (Å²) < 4.78 is 1.38. The second kappa shape index (κ2) is 9.11. The summed E-state index contributed by atoms with van der Waals surface area (Å²) in [5, 5.41) is 7.79. The third-order valence-corrected chi connectivity index (χ3v) is 5.22. The van der Waals surface area contributed by atoms with Crippen molar-refractivity contribution in [3.05, 3.63) is 76.6 Å². The summed E-state index contributed by atoms with van der Waals surface area (Å²) in [6, 6.07) is 19.2. The van der Waals surface area contributed by atoms with Crippen LogP contribution in [0.25, 0.3) is 22.4 Å². The number of carbonyl (C=O) groups excluding carboxylic acids is 1. The van der Waals surface area contributed by atoms with Crippen LogP contribution in [0.1, 0.15) is 58.3 Å². The van der Waals surface area contributed by atoms with Crippen molar-refractivity contribution in [3.8, 4) is 22.4 Å². The Labute approximate surface area is 190 Å². The van der Waals surface area contributed by atoms with Crippen LogP contribution in [0.4, 0.5) is 0 Å². The SMILES string of the molecule is CCn1nc(-c2ccccc2)c(-c2ccccc2)c(C(=O)NC(C)(C)CC(C)(C)C)c1=O. The average Bonchev–Trinajstić information content (AvgIpc) is 2.72. The summed E-state index contributed by atoms with van der Waals surface area (Å²) in [7, 11) is 0. The van der Waals surface area contributed by atoms with Crippen molar-refractivity contribution < 1.29 is 4.79 Å². The molecule has 0 saturated heterocycles. The van der Waals surface area contributed by atoms with Crippen LogP contribution >= 0.6 is 0 Å². The fraction of sp³-hybridized carbons (Fsp3) is 0.370. The number of aryl methyl sites for hydroxylation is 1. The molecule has 0 unspecified atom stereocenters. The number of nitrogens with one attached hydrogen (secondary N) is 1. The summed E-state index contributed by atoms with van der Waals surface area (Å²) in [6.07, 6.45) is 0.769. The molecule has 1 amide bonds. The summed E-state index contributed by atoms with van der Waals surface area (Å²) >= 11 is 0. The lowest BCUT2D eigenvalue weighted by atomic mass is 9.81. The molecule has 0 atom stereocenters. The van der Waals surface area contributed by atoms with Crippen LogP contribution in [-0.2, 0) is 6.54 Å². The summed E-state index contributed by atoms with van der Waals surface area (Å²) in [5.41, 5.74) is 2.13. The molecule has 0 saturated carbocycles. The second-order valence-corrected chi connectivity index (χ2v) is 10.0. The van der Waals surface area contributed by atoms with Crippen LogP contribution in [0.15, 0.2) is 65.5 Å². The lowest BCUT2D eigenvalue weighted by Gasteiger charge is -2.33. The Morgan fingerprint density at radius 3 is 1.94 bits per heavy atom. The fourth-order valence-corrected chi connectivity index (χ4v) is 4.42. The molecule has 0 aliphatic heterocycles. The minimum absolute atomic E-state index is 0.0239. The first kappa shape index (κ1) is 23.5. The van der Waals surface area contributed by atoms with Gasteiger partial charge >= 0.3 is 0 Å². The molecule has 0 bridgehead atoms. The Kier molecular flexibility index (Phi) is 6.68. The van der Waals surface area contributed by atoms with E-state index < -0.39 is 5.54 Å².